The van der Waals surface area contributed by atoms with Crippen molar-refractivity contribution >= 4 is 17.9 Å². The second-order valence-corrected chi connectivity index (χ2v) is 17.6. The van der Waals surface area contributed by atoms with Gasteiger partial charge in [-0.05, 0) is 109 Å². The molecule has 0 aromatic carbocycles. The summed E-state index contributed by atoms with van der Waals surface area (Å²) in [4.78, 5) is 38.2. The first-order valence-electron chi connectivity index (χ1n) is 27.9. The van der Waals surface area contributed by atoms with Gasteiger partial charge in [0.2, 0.25) is 0 Å². The highest BCUT2D eigenvalue weighted by Crippen LogP contribution is 2.12. The number of rotatable bonds is 47. The minimum absolute atomic E-state index is 0.130. The fraction of sp³-hybridized carbons (Fsp3) is 0.500. The molecule has 0 heterocycles. The zero-order valence-electron chi connectivity index (χ0n) is 45.4. The van der Waals surface area contributed by atoms with Crippen molar-refractivity contribution < 1.29 is 28.6 Å². The van der Waals surface area contributed by atoms with E-state index >= 15 is 0 Å². The quantitative estimate of drug-likeness (QED) is 0.0199. The predicted octanol–water partition coefficient (Wildman–Crippen LogP) is 18.9. The summed E-state index contributed by atoms with van der Waals surface area (Å²) in [5, 5.41) is 0. The van der Waals surface area contributed by atoms with Crippen LogP contribution < -0.4 is 0 Å². The highest BCUT2D eigenvalue weighted by molar-refractivity contribution is 5.71. The van der Waals surface area contributed by atoms with Gasteiger partial charge in [0.25, 0.3) is 0 Å². The van der Waals surface area contributed by atoms with Crippen molar-refractivity contribution in [2.24, 2.45) is 0 Å². The molecule has 0 fully saturated rings. The lowest BCUT2D eigenvalue weighted by Crippen LogP contribution is -2.30. The first-order chi connectivity index (χ1) is 35.5. The molecule has 398 valence electrons. The lowest BCUT2D eigenvalue weighted by Gasteiger charge is -2.18. The standard InChI is InChI=1S/C66H98O6/c1-4-7-10-13-16-19-22-25-28-31-33-36-38-41-44-47-50-53-56-59-65(68)71-62-63(61-70-64(67)58-55-52-49-46-43-40-37-34-30-27-24-21-18-15-12-9-6-3)72-66(69)60-57-54-51-48-45-42-39-35-32-29-26-23-20-17-14-11-8-5-2/h7,9-10,12,15-21,23-30,32-37,39-41,43-44,63H,4-6,8,11,13-14,22,31,38,42,45-62H2,1-3H3/b10-7-,12-9-,18-15-,19-16-,20-17-,24-21-,26-23-,28-25-,30-27-,32-29-,36-33-,37-34+,39-35-,43-40-,44-41-. The first kappa shape index (κ1) is 66.5. The van der Waals surface area contributed by atoms with Crippen molar-refractivity contribution in [1.82, 2.24) is 0 Å². The molecule has 0 aliphatic carbocycles. The van der Waals surface area contributed by atoms with E-state index < -0.39 is 6.10 Å². The number of ether oxygens (including phenoxy) is 3. The lowest BCUT2D eigenvalue weighted by atomic mass is 10.1. The van der Waals surface area contributed by atoms with E-state index in [-0.39, 0.29) is 44.0 Å². The molecule has 0 aliphatic rings. The van der Waals surface area contributed by atoms with Crippen LogP contribution in [0.2, 0.25) is 0 Å². The van der Waals surface area contributed by atoms with Crippen molar-refractivity contribution in [3.8, 4) is 0 Å². The van der Waals surface area contributed by atoms with Gasteiger partial charge in [0.1, 0.15) is 13.2 Å². The van der Waals surface area contributed by atoms with Gasteiger partial charge in [0.15, 0.2) is 6.10 Å². The van der Waals surface area contributed by atoms with Crippen LogP contribution in [0.3, 0.4) is 0 Å². The molecular weight excluding hydrogens is 889 g/mol. The van der Waals surface area contributed by atoms with Gasteiger partial charge in [-0.1, -0.05) is 248 Å². The van der Waals surface area contributed by atoms with Crippen LogP contribution in [-0.2, 0) is 28.6 Å². The van der Waals surface area contributed by atoms with Crippen LogP contribution >= 0.6 is 0 Å². The normalized spacial score (nSPS) is 13.5. The minimum Gasteiger partial charge on any atom is -0.462 e. The molecule has 0 aromatic heterocycles. The van der Waals surface area contributed by atoms with Gasteiger partial charge in [0, 0.05) is 19.3 Å². The number of unbranched alkanes of at least 4 members (excludes halogenated alkanes) is 14. The summed E-state index contributed by atoms with van der Waals surface area (Å²) in [6, 6.07) is 0. The molecule has 0 amide bonds. The number of carbonyl (C=O) groups is 3. The zero-order valence-corrected chi connectivity index (χ0v) is 45.4. The van der Waals surface area contributed by atoms with Crippen LogP contribution in [0.15, 0.2) is 182 Å². The summed E-state index contributed by atoms with van der Waals surface area (Å²) < 4.78 is 16.8. The average Bonchev–Trinajstić information content (AvgIpc) is 3.38. The molecule has 1 unspecified atom stereocenters. The van der Waals surface area contributed by atoms with Crippen LogP contribution in [0.25, 0.3) is 0 Å². The summed E-state index contributed by atoms with van der Waals surface area (Å²) in [7, 11) is 0. The molecule has 0 N–H and O–H groups in total. The molecule has 72 heavy (non-hydrogen) atoms. The maximum absolute atomic E-state index is 12.9. The smallest absolute Gasteiger partial charge is 0.306 e. The Hall–Kier alpha value is -5.49. The Kier molecular flexibility index (Phi) is 53.7. The van der Waals surface area contributed by atoms with Crippen LogP contribution in [0, 0.1) is 0 Å². The highest BCUT2D eigenvalue weighted by atomic mass is 16.6. The van der Waals surface area contributed by atoms with Crippen molar-refractivity contribution in [3.63, 3.8) is 0 Å². The molecule has 0 spiro atoms. The Morgan fingerprint density at radius 3 is 1.03 bits per heavy atom. The second-order valence-electron chi connectivity index (χ2n) is 17.6. The van der Waals surface area contributed by atoms with Gasteiger partial charge in [-0.25, -0.2) is 0 Å². The second kappa shape index (κ2) is 58.1. The Morgan fingerprint density at radius 1 is 0.306 bits per heavy atom. The average molecular weight is 988 g/mol. The zero-order chi connectivity index (χ0) is 52.2. The number of esters is 3. The first-order valence-corrected chi connectivity index (χ1v) is 27.9. The third kappa shape index (κ3) is 55.4. The number of hydrogen-bond acceptors (Lipinski definition) is 6. The maximum Gasteiger partial charge on any atom is 0.306 e. The fourth-order valence-corrected chi connectivity index (χ4v) is 6.75. The highest BCUT2D eigenvalue weighted by Gasteiger charge is 2.19. The van der Waals surface area contributed by atoms with Gasteiger partial charge in [0.05, 0.1) is 0 Å². The number of allylic oxidation sites excluding steroid dienone is 30. The van der Waals surface area contributed by atoms with Crippen molar-refractivity contribution in [3.05, 3.63) is 182 Å². The minimum atomic E-state index is -0.835. The monoisotopic (exact) mass is 987 g/mol. The van der Waals surface area contributed by atoms with Gasteiger partial charge in [-0.15, -0.1) is 0 Å². The van der Waals surface area contributed by atoms with Gasteiger partial charge in [-0.2, -0.15) is 0 Å². The van der Waals surface area contributed by atoms with Crippen LogP contribution in [-0.4, -0.2) is 37.2 Å². The van der Waals surface area contributed by atoms with Gasteiger partial charge in [-0.3, -0.25) is 14.4 Å². The predicted molar refractivity (Wildman–Crippen MR) is 311 cm³/mol. The number of carbonyl (C=O) groups excluding carboxylic acids is 3. The van der Waals surface area contributed by atoms with E-state index in [9.17, 15) is 14.4 Å². The SMILES string of the molecule is CC\C=C/C=C\C=C/C=C\C=C\C=C/CCCCCC(=O)OCC(COC(=O)CCCCC/C=C\C/C=C\C/C=C\C/C=C\C/C=C\CC)OC(=O)CCCCCCC\C=C/C=C\C=C/C=C\CCCCC. The summed E-state index contributed by atoms with van der Waals surface area (Å²) in [6.07, 6.45) is 87.2. The Morgan fingerprint density at radius 2 is 0.611 bits per heavy atom. The lowest BCUT2D eigenvalue weighted by molar-refractivity contribution is -0.167. The van der Waals surface area contributed by atoms with Crippen molar-refractivity contribution in [2.45, 2.75) is 200 Å². The van der Waals surface area contributed by atoms with Crippen LogP contribution in [0.4, 0.5) is 0 Å². The maximum atomic E-state index is 12.9. The molecule has 6 nitrogen and oxygen atoms in total. The summed E-state index contributed by atoms with van der Waals surface area (Å²) in [6.45, 7) is 6.23. The molecule has 0 aromatic rings. The molecule has 6 heteroatoms. The van der Waals surface area contributed by atoms with E-state index in [2.05, 4.69) is 142 Å². The molecule has 0 bridgehead atoms. The van der Waals surface area contributed by atoms with Crippen LogP contribution in [0.1, 0.15) is 194 Å². The molecule has 0 rings (SSSR count). The van der Waals surface area contributed by atoms with E-state index in [1.165, 1.54) is 19.3 Å². The fourth-order valence-electron chi connectivity index (χ4n) is 6.75. The van der Waals surface area contributed by atoms with Crippen LogP contribution in [0.5, 0.6) is 0 Å². The topological polar surface area (TPSA) is 78.9 Å². The Balaban J connectivity index is 4.64. The van der Waals surface area contributed by atoms with Crippen molar-refractivity contribution in [1.29, 1.82) is 0 Å². The Bertz CT molecular complexity index is 1750. The van der Waals surface area contributed by atoms with E-state index in [0.717, 1.165) is 128 Å². The van der Waals surface area contributed by atoms with E-state index in [0.29, 0.717) is 12.8 Å². The largest absolute Gasteiger partial charge is 0.462 e. The molecule has 0 saturated carbocycles. The van der Waals surface area contributed by atoms with E-state index in [4.69, 9.17) is 14.2 Å². The molecular formula is C66H98O6. The third-order valence-corrected chi connectivity index (χ3v) is 10.9. The Labute approximate surface area is 440 Å². The summed E-state index contributed by atoms with van der Waals surface area (Å²) >= 11 is 0. The number of hydrogen-bond donors (Lipinski definition) is 0. The van der Waals surface area contributed by atoms with E-state index in [1.54, 1.807) is 0 Å². The molecule has 0 radical (unpaired) electrons. The molecule has 0 saturated heterocycles. The third-order valence-electron chi connectivity index (χ3n) is 10.9. The summed E-state index contributed by atoms with van der Waals surface area (Å²) in [5.74, 6) is -1.04. The molecule has 1 atom stereocenters. The van der Waals surface area contributed by atoms with Gasteiger partial charge >= 0.3 is 17.9 Å². The van der Waals surface area contributed by atoms with Crippen molar-refractivity contribution in [2.75, 3.05) is 13.2 Å². The van der Waals surface area contributed by atoms with E-state index in [1.807, 2.05) is 60.8 Å². The molecule has 0 aliphatic heterocycles. The summed E-state index contributed by atoms with van der Waals surface area (Å²) in [5.41, 5.74) is 0. The van der Waals surface area contributed by atoms with Gasteiger partial charge < -0.3 is 14.2 Å².